The molecule has 0 unspecified atom stereocenters. The Kier molecular flexibility index (Phi) is 5.36. The molecule has 2 N–H and O–H groups in total. The fourth-order valence-corrected chi connectivity index (χ4v) is 3.97. The summed E-state index contributed by atoms with van der Waals surface area (Å²) in [6.45, 7) is 5.67. The van der Waals surface area contributed by atoms with E-state index in [2.05, 4.69) is 0 Å². The number of phenolic OH excluding ortho intramolecular Hbond substituents is 1. The number of piperazine rings is 1. The van der Waals surface area contributed by atoms with Crippen LogP contribution in [0.1, 0.15) is 28.4 Å². The molecule has 1 fully saturated rings. The molecule has 0 radical (unpaired) electrons. The lowest BCUT2D eigenvalue weighted by molar-refractivity contribution is -0.917. The number of aromatic hydroxyl groups is 1. The molecule has 0 bridgehead atoms. The summed E-state index contributed by atoms with van der Waals surface area (Å²) in [7, 11) is 0. The molecule has 0 aliphatic carbocycles. The van der Waals surface area contributed by atoms with E-state index in [0.717, 1.165) is 35.2 Å². The van der Waals surface area contributed by atoms with Gasteiger partial charge < -0.3 is 19.3 Å². The number of hydrogen-bond donors (Lipinski definition) is 2. The molecule has 0 atom stereocenters. The van der Waals surface area contributed by atoms with E-state index in [1.54, 1.807) is 6.07 Å². The molecule has 150 valence electrons. The molecule has 0 spiro atoms. The second-order valence-corrected chi connectivity index (χ2v) is 7.51. The van der Waals surface area contributed by atoms with Gasteiger partial charge in [0.2, 0.25) is 0 Å². The Balaban J connectivity index is 1.50. The van der Waals surface area contributed by atoms with Gasteiger partial charge in [0, 0.05) is 28.6 Å². The summed E-state index contributed by atoms with van der Waals surface area (Å²) in [4.78, 5) is 27.8. The van der Waals surface area contributed by atoms with Crippen molar-refractivity contribution in [1.82, 2.24) is 4.90 Å². The van der Waals surface area contributed by atoms with Crippen LogP contribution in [-0.2, 0) is 13.0 Å². The maximum atomic E-state index is 12.6. The summed E-state index contributed by atoms with van der Waals surface area (Å²) in [5.74, 6) is 0.221. The summed E-state index contributed by atoms with van der Waals surface area (Å²) >= 11 is 0. The van der Waals surface area contributed by atoms with Crippen LogP contribution in [0.15, 0.2) is 57.7 Å². The molecule has 29 heavy (non-hydrogen) atoms. The first-order chi connectivity index (χ1) is 14.0. The lowest BCUT2D eigenvalue weighted by atomic mass is 10.0. The molecule has 6 heteroatoms. The molecule has 1 saturated heterocycles. The minimum atomic E-state index is -0.409. The molecule has 1 aliphatic heterocycles. The number of amides is 1. The van der Waals surface area contributed by atoms with Crippen molar-refractivity contribution < 1.29 is 19.2 Å². The molecule has 4 rings (SSSR count). The van der Waals surface area contributed by atoms with Gasteiger partial charge in [0.05, 0.1) is 26.2 Å². The van der Waals surface area contributed by atoms with Gasteiger partial charge in [0.25, 0.3) is 5.91 Å². The van der Waals surface area contributed by atoms with E-state index in [-0.39, 0.29) is 11.7 Å². The maximum absolute atomic E-state index is 12.6. The highest BCUT2D eigenvalue weighted by Gasteiger charge is 2.25. The second kappa shape index (κ2) is 8.09. The Bertz CT molecular complexity index is 1080. The van der Waals surface area contributed by atoms with Crippen LogP contribution in [0.25, 0.3) is 11.0 Å². The number of benzene rings is 2. The lowest BCUT2D eigenvalue weighted by Crippen LogP contribution is -3.13. The number of fused-ring (bicyclic) bond motifs is 1. The minimum Gasteiger partial charge on any atom is -0.508 e. The third-order valence-electron chi connectivity index (χ3n) is 5.63. The van der Waals surface area contributed by atoms with E-state index in [0.29, 0.717) is 31.6 Å². The zero-order valence-corrected chi connectivity index (χ0v) is 16.5. The van der Waals surface area contributed by atoms with Crippen molar-refractivity contribution >= 4 is 16.9 Å². The molecular weight excluding hydrogens is 368 g/mol. The van der Waals surface area contributed by atoms with Crippen molar-refractivity contribution in [2.24, 2.45) is 0 Å². The monoisotopic (exact) mass is 393 g/mol. The molecule has 0 saturated carbocycles. The molecule has 1 aliphatic rings. The van der Waals surface area contributed by atoms with Gasteiger partial charge in [0.15, 0.2) is 0 Å². The number of phenols is 1. The quantitative estimate of drug-likeness (QED) is 0.661. The van der Waals surface area contributed by atoms with E-state index in [1.165, 1.54) is 11.0 Å². The Morgan fingerprint density at radius 3 is 2.52 bits per heavy atom. The normalized spacial score (nSPS) is 15.0. The number of aryl methyl sites for hydroxylation is 1. The third kappa shape index (κ3) is 4.03. The Labute approximate surface area is 169 Å². The lowest BCUT2D eigenvalue weighted by Gasteiger charge is -2.32. The van der Waals surface area contributed by atoms with Crippen LogP contribution < -0.4 is 10.5 Å². The SMILES string of the molecule is CCc1cc2c(C[NH+]3CCN(C(=O)c4ccccc4)CC3)cc(=O)oc2cc1O. The average Bonchev–Trinajstić information content (AvgIpc) is 2.74. The van der Waals surface area contributed by atoms with Crippen molar-refractivity contribution in [3.8, 4) is 5.75 Å². The van der Waals surface area contributed by atoms with Crippen LogP contribution in [0, 0.1) is 0 Å². The van der Waals surface area contributed by atoms with Gasteiger partial charge in [-0.1, -0.05) is 25.1 Å². The van der Waals surface area contributed by atoms with Crippen molar-refractivity contribution in [3.05, 3.63) is 75.6 Å². The summed E-state index contributed by atoms with van der Waals surface area (Å²) < 4.78 is 5.29. The highest BCUT2D eigenvalue weighted by molar-refractivity contribution is 5.94. The van der Waals surface area contributed by atoms with Crippen LogP contribution in [-0.4, -0.2) is 42.1 Å². The topological polar surface area (TPSA) is 75.2 Å². The first kappa shape index (κ1) is 19.2. The molecule has 3 aromatic rings. The van der Waals surface area contributed by atoms with Gasteiger partial charge in [-0.05, 0) is 30.2 Å². The van der Waals surface area contributed by atoms with E-state index in [1.807, 2.05) is 48.2 Å². The molecule has 6 nitrogen and oxygen atoms in total. The highest BCUT2D eigenvalue weighted by atomic mass is 16.4. The Morgan fingerprint density at radius 2 is 1.83 bits per heavy atom. The fraction of sp³-hybridized carbons (Fsp3) is 0.304. The summed E-state index contributed by atoms with van der Waals surface area (Å²) in [6.07, 6.45) is 0.702. The van der Waals surface area contributed by atoms with Crippen LogP contribution >= 0.6 is 0 Å². The Morgan fingerprint density at radius 1 is 1.10 bits per heavy atom. The van der Waals surface area contributed by atoms with Crippen LogP contribution in [0.2, 0.25) is 0 Å². The van der Waals surface area contributed by atoms with Gasteiger partial charge in [-0.15, -0.1) is 0 Å². The third-order valence-corrected chi connectivity index (χ3v) is 5.63. The van der Waals surface area contributed by atoms with Crippen LogP contribution in [0.5, 0.6) is 5.75 Å². The van der Waals surface area contributed by atoms with Gasteiger partial charge in [-0.2, -0.15) is 0 Å². The number of nitrogens with one attached hydrogen (secondary N) is 1. The van der Waals surface area contributed by atoms with Crippen molar-refractivity contribution in [2.75, 3.05) is 26.2 Å². The summed E-state index contributed by atoms with van der Waals surface area (Å²) in [6, 6.07) is 14.3. The minimum absolute atomic E-state index is 0.0681. The van der Waals surface area contributed by atoms with Gasteiger partial charge >= 0.3 is 5.63 Å². The van der Waals surface area contributed by atoms with Crippen molar-refractivity contribution in [2.45, 2.75) is 19.9 Å². The van der Waals surface area contributed by atoms with Gasteiger partial charge in [-0.3, -0.25) is 4.79 Å². The van der Waals surface area contributed by atoms with Crippen LogP contribution in [0.3, 0.4) is 0 Å². The standard InChI is InChI=1S/C23H24N2O4/c1-2-16-12-19-18(13-22(27)29-21(19)14-20(16)26)15-24-8-10-25(11-9-24)23(28)17-6-4-3-5-7-17/h3-7,12-14,26H,2,8-11,15H2,1H3/p+1. The average molecular weight is 393 g/mol. The van der Waals surface area contributed by atoms with Crippen LogP contribution in [0.4, 0.5) is 0 Å². The zero-order chi connectivity index (χ0) is 20.4. The van der Waals surface area contributed by atoms with E-state index in [4.69, 9.17) is 4.42 Å². The first-order valence-electron chi connectivity index (χ1n) is 10.0. The zero-order valence-electron chi connectivity index (χ0n) is 16.5. The number of rotatable bonds is 4. The second-order valence-electron chi connectivity index (χ2n) is 7.51. The van der Waals surface area contributed by atoms with E-state index >= 15 is 0 Å². The molecular formula is C23H25N2O4+. The first-order valence-corrected chi connectivity index (χ1v) is 10.0. The number of hydrogen-bond acceptors (Lipinski definition) is 4. The molecule has 2 aromatic carbocycles. The number of quaternary nitrogens is 1. The number of nitrogens with zero attached hydrogens (tertiary/aromatic N) is 1. The largest absolute Gasteiger partial charge is 0.508 e. The van der Waals surface area contributed by atoms with Crippen molar-refractivity contribution in [1.29, 1.82) is 0 Å². The molecule has 2 heterocycles. The van der Waals surface area contributed by atoms with Gasteiger partial charge in [0.1, 0.15) is 17.9 Å². The fourth-order valence-electron chi connectivity index (χ4n) is 3.97. The Hall–Kier alpha value is -3.12. The van der Waals surface area contributed by atoms with E-state index < -0.39 is 5.63 Å². The van der Waals surface area contributed by atoms with E-state index in [9.17, 15) is 14.7 Å². The number of carbonyl (C=O) groups excluding carboxylic acids is 1. The van der Waals surface area contributed by atoms with Crippen molar-refractivity contribution in [3.63, 3.8) is 0 Å². The predicted octanol–water partition coefficient (Wildman–Crippen LogP) is 1.60. The maximum Gasteiger partial charge on any atom is 0.336 e. The summed E-state index contributed by atoms with van der Waals surface area (Å²) in [5, 5.41) is 11.0. The van der Waals surface area contributed by atoms with Gasteiger partial charge in [-0.25, -0.2) is 4.79 Å². The summed E-state index contributed by atoms with van der Waals surface area (Å²) in [5.41, 5.74) is 2.48. The predicted molar refractivity (Wildman–Crippen MR) is 110 cm³/mol. The molecule has 1 amide bonds. The highest BCUT2D eigenvalue weighted by Crippen LogP contribution is 2.26. The smallest absolute Gasteiger partial charge is 0.336 e. The molecule has 1 aromatic heterocycles. The number of carbonyl (C=O) groups is 1.